The predicted molar refractivity (Wildman–Crippen MR) is 129 cm³/mol. The maximum atomic E-state index is 11.7. The van der Waals surface area contributed by atoms with E-state index in [4.69, 9.17) is 4.74 Å². The van der Waals surface area contributed by atoms with Crippen molar-refractivity contribution < 1.29 is 13.2 Å². The van der Waals surface area contributed by atoms with Crippen LogP contribution in [0.3, 0.4) is 0 Å². The summed E-state index contributed by atoms with van der Waals surface area (Å²) in [6.07, 6.45) is 10.7. The highest BCUT2D eigenvalue weighted by Crippen LogP contribution is 2.30. The number of hydrogen-bond donors (Lipinski definition) is 0. The summed E-state index contributed by atoms with van der Waals surface area (Å²) in [6.45, 7) is 8.64. The molecule has 2 aromatic rings. The number of piperazine rings is 1. The fourth-order valence-electron chi connectivity index (χ4n) is 4.75. The zero-order valence-electron chi connectivity index (χ0n) is 19.9. The lowest BCUT2D eigenvalue weighted by Crippen LogP contribution is -2.51. The van der Waals surface area contributed by atoms with Gasteiger partial charge in [-0.1, -0.05) is 6.92 Å². The van der Waals surface area contributed by atoms with Gasteiger partial charge in [0.2, 0.25) is 5.95 Å². The lowest BCUT2D eigenvalue weighted by molar-refractivity contribution is 0.110. The first-order valence-corrected chi connectivity index (χ1v) is 13.8. The molecule has 2 aliphatic rings. The molecule has 180 valence electrons. The normalized spacial score (nSPS) is 22.3. The van der Waals surface area contributed by atoms with Crippen molar-refractivity contribution in [2.75, 3.05) is 43.9 Å². The molecule has 0 spiro atoms. The van der Waals surface area contributed by atoms with Gasteiger partial charge < -0.3 is 9.64 Å². The lowest BCUT2D eigenvalue weighted by Gasteiger charge is -2.42. The van der Waals surface area contributed by atoms with E-state index in [2.05, 4.69) is 31.7 Å². The summed E-state index contributed by atoms with van der Waals surface area (Å²) in [5.41, 5.74) is 1.80. The van der Waals surface area contributed by atoms with Crippen LogP contribution in [0.4, 0.5) is 5.95 Å². The minimum Gasteiger partial charge on any atom is -0.491 e. The van der Waals surface area contributed by atoms with Gasteiger partial charge in [-0.15, -0.1) is 0 Å². The Balaban J connectivity index is 1.21. The Bertz CT molecular complexity index is 1030. The zero-order chi connectivity index (χ0) is 23.4. The number of ether oxygens (including phenoxy) is 1. The van der Waals surface area contributed by atoms with Gasteiger partial charge in [0.1, 0.15) is 5.75 Å². The molecular weight excluding hydrogens is 438 g/mol. The summed E-state index contributed by atoms with van der Waals surface area (Å²) in [4.78, 5) is 18.2. The van der Waals surface area contributed by atoms with Gasteiger partial charge in [-0.2, -0.15) is 0 Å². The number of hydrogen-bond acceptors (Lipinski definition) is 8. The van der Waals surface area contributed by atoms with Crippen molar-refractivity contribution in [1.82, 2.24) is 19.9 Å². The van der Waals surface area contributed by atoms with E-state index in [1.165, 1.54) is 30.7 Å². The van der Waals surface area contributed by atoms with Gasteiger partial charge in [0.15, 0.2) is 14.9 Å². The van der Waals surface area contributed by atoms with Crippen molar-refractivity contribution in [3.63, 3.8) is 0 Å². The minimum absolute atomic E-state index is 0.0949. The van der Waals surface area contributed by atoms with Crippen LogP contribution < -0.4 is 9.64 Å². The van der Waals surface area contributed by atoms with E-state index in [9.17, 15) is 8.42 Å². The molecule has 1 saturated carbocycles. The summed E-state index contributed by atoms with van der Waals surface area (Å²) in [5, 5.41) is 0.0949. The molecule has 0 aromatic carbocycles. The first-order valence-electron chi connectivity index (χ1n) is 11.9. The van der Waals surface area contributed by atoms with E-state index in [0.717, 1.165) is 51.4 Å². The Morgan fingerprint density at radius 2 is 1.70 bits per heavy atom. The van der Waals surface area contributed by atoms with E-state index in [1.54, 1.807) is 13.0 Å². The molecule has 9 heteroatoms. The van der Waals surface area contributed by atoms with Gasteiger partial charge in [-0.3, -0.25) is 4.90 Å². The van der Waals surface area contributed by atoms with Crippen molar-refractivity contribution in [1.29, 1.82) is 0 Å². The summed E-state index contributed by atoms with van der Waals surface area (Å²) in [6, 6.07) is 3.89. The zero-order valence-corrected chi connectivity index (χ0v) is 20.7. The highest BCUT2D eigenvalue weighted by atomic mass is 32.2. The standard InChI is InChI=1S/C24H35N5O3S/c1-4-19-15-25-24(26-16-19)29-13-11-28(12-14-29)21-7-5-20(6-8-21)17-32-22-9-10-23(27-18(22)2)33(3,30)31/h9-10,15-16,20-21H,4-8,11-14,17H2,1-3H3. The summed E-state index contributed by atoms with van der Waals surface area (Å²) in [7, 11) is -3.30. The largest absolute Gasteiger partial charge is 0.491 e. The average Bonchev–Trinajstić information content (AvgIpc) is 2.83. The summed E-state index contributed by atoms with van der Waals surface area (Å²) in [5.74, 6) is 2.05. The number of sulfone groups is 1. The molecule has 2 fully saturated rings. The van der Waals surface area contributed by atoms with E-state index < -0.39 is 9.84 Å². The number of aryl methyl sites for hydroxylation is 2. The van der Waals surface area contributed by atoms with Crippen LogP contribution >= 0.6 is 0 Å². The van der Waals surface area contributed by atoms with E-state index in [1.807, 2.05) is 12.4 Å². The molecule has 0 radical (unpaired) electrons. The van der Waals surface area contributed by atoms with Crippen LogP contribution in [0.5, 0.6) is 5.75 Å². The molecule has 33 heavy (non-hydrogen) atoms. The molecule has 1 aliphatic carbocycles. The van der Waals surface area contributed by atoms with Crippen LogP contribution in [0.1, 0.15) is 43.9 Å². The Morgan fingerprint density at radius 3 is 2.27 bits per heavy atom. The van der Waals surface area contributed by atoms with Gasteiger partial charge >= 0.3 is 0 Å². The quantitative estimate of drug-likeness (QED) is 0.607. The summed E-state index contributed by atoms with van der Waals surface area (Å²) >= 11 is 0. The highest BCUT2D eigenvalue weighted by molar-refractivity contribution is 7.90. The lowest BCUT2D eigenvalue weighted by atomic mass is 9.85. The number of nitrogens with zero attached hydrogens (tertiary/aromatic N) is 5. The molecule has 1 aliphatic heterocycles. The van der Waals surface area contributed by atoms with Crippen LogP contribution in [0, 0.1) is 12.8 Å². The molecule has 1 saturated heterocycles. The number of pyridine rings is 1. The fourth-order valence-corrected chi connectivity index (χ4v) is 5.37. The maximum Gasteiger partial charge on any atom is 0.225 e. The smallest absolute Gasteiger partial charge is 0.225 e. The predicted octanol–water partition coefficient (Wildman–Crippen LogP) is 2.91. The molecule has 2 aromatic heterocycles. The Labute approximate surface area is 197 Å². The van der Waals surface area contributed by atoms with Crippen molar-refractivity contribution in [3.05, 3.63) is 35.8 Å². The average molecular weight is 474 g/mol. The van der Waals surface area contributed by atoms with Crippen LogP contribution in [0.2, 0.25) is 0 Å². The van der Waals surface area contributed by atoms with Crippen molar-refractivity contribution >= 4 is 15.8 Å². The minimum atomic E-state index is -3.30. The van der Waals surface area contributed by atoms with Crippen LogP contribution in [0.15, 0.2) is 29.6 Å². The SMILES string of the molecule is CCc1cnc(N2CCN(C3CCC(COc4ccc(S(C)(=O)=O)nc4C)CC3)CC2)nc1. The second-order valence-corrected chi connectivity index (χ2v) is 11.2. The van der Waals surface area contributed by atoms with Gasteiger partial charge in [-0.05, 0) is 62.6 Å². The number of anilines is 1. The Morgan fingerprint density at radius 1 is 1.03 bits per heavy atom. The van der Waals surface area contributed by atoms with Crippen molar-refractivity contribution in [2.24, 2.45) is 5.92 Å². The molecule has 8 nitrogen and oxygen atoms in total. The van der Waals surface area contributed by atoms with Gasteiger partial charge in [0.05, 0.1) is 12.3 Å². The fraction of sp³-hybridized carbons (Fsp3) is 0.625. The monoisotopic (exact) mass is 473 g/mol. The van der Waals surface area contributed by atoms with Gasteiger partial charge in [0.25, 0.3) is 0 Å². The molecular formula is C24H35N5O3S. The van der Waals surface area contributed by atoms with Gasteiger partial charge in [0, 0.05) is 50.9 Å². The van der Waals surface area contributed by atoms with Gasteiger partial charge in [-0.25, -0.2) is 23.4 Å². The van der Waals surface area contributed by atoms with Crippen LogP contribution in [-0.2, 0) is 16.3 Å². The van der Waals surface area contributed by atoms with Crippen molar-refractivity contribution in [3.8, 4) is 5.75 Å². The molecule has 0 unspecified atom stereocenters. The molecule has 0 bridgehead atoms. The first-order chi connectivity index (χ1) is 15.8. The van der Waals surface area contributed by atoms with Crippen LogP contribution in [0.25, 0.3) is 0 Å². The van der Waals surface area contributed by atoms with Crippen molar-refractivity contribution in [2.45, 2.75) is 57.0 Å². The van der Waals surface area contributed by atoms with E-state index in [0.29, 0.717) is 30.0 Å². The van der Waals surface area contributed by atoms with E-state index >= 15 is 0 Å². The Hall–Kier alpha value is -2.26. The third-order valence-corrected chi connectivity index (χ3v) is 7.88. The molecule has 0 atom stereocenters. The molecule has 0 amide bonds. The van der Waals surface area contributed by atoms with E-state index in [-0.39, 0.29) is 5.03 Å². The second-order valence-electron chi connectivity index (χ2n) is 9.26. The maximum absolute atomic E-state index is 11.7. The highest BCUT2D eigenvalue weighted by Gasteiger charge is 2.29. The van der Waals surface area contributed by atoms with Crippen LogP contribution in [-0.4, -0.2) is 73.4 Å². The topological polar surface area (TPSA) is 88.5 Å². The first kappa shape index (κ1) is 23.9. The third kappa shape index (κ3) is 6.00. The molecule has 3 heterocycles. The molecule has 4 rings (SSSR count). The number of aromatic nitrogens is 3. The Kier molecular flexibility index (Phi) is 7.48. The third-order valence-electron chi connectivity index (χ3n) is 6.90. The molecule has 0 N–H and O–H groups in total. The number of rotatable bonds is 7. The summed E-state index contributed by atoms with van der Waals surface area (Å²) < 4.78 is 29.3. The second kappa shape index (κ2) is 10.3.